The van der Waals surface area contributed by atoms with Crippen LogP contribution >= 0.6 is 0 Å². The summed E-state index contributed by atoms with van der Waals surface area (Å²) in [6.07, 6.45) is 9.96. The van der Waals surface area contributed by atoms with Crippen molar-refractivity contribution >= 4 is 40.5 Å². The number of cyclic esters (lactones) is 1. The number of rotatable bonds is 10. The van der Waals surface area contributed by atoms with Crippen molar-refractivity contribution in [2.45, 2.75) is 148 Å². The van der Waals surface area contributed by atoms with E-state index in [1.165, 1.54) is 5.01 Å². The van der Waals surface area contributed by atoms with E-state index in [4.69, 9.17) is 14.5 Å². The van der Waals surface area contributed by atoms with Gasteiger partial charge in [-0.05, 0) is 142 Å². The van der Waals surface area contributed by atoms with Gasteiger partial charge in [-0.2, -0.15) is 0 Å². The predicted octanol–water partition coefficient (Wildman–Crippen LogP) is 6.21. The van der Waals surface area contributed by atoms with E-state index in [0.717, 1.165) is 83.1 Å². The first-order chi connectivity index (χ1) is 35.2. The van der Waals surface area contributed by atoms with Gasteiger partial charge in [-0.3, -0.25) is 39.3 Å². The Morgan fingerprint density at radius 3 is 2.53 bits per heavy atom. The first kappa shape index (κ1) is 49.4. The number of hydrogen-bond acceptors (Lipinski definition) is 11. The first-order valence-electron chi connectivity index (χ1n) is 27.0. The number of fused-ring (bicyclic) bond motifs is 6. The molecule has 2 aliphatic carbocycles. The first-order valence-corrected chi connectivity index (χ1v) is 27.0. The number of aromatic hydroxyl groups is 1. The number of likely N-dealkylation sites (tertiary alicyclic amines) is 2. The van der Waals surface area contributed by atoms with Crippen molar-refractivity contribution in [2.24, 2.45) is 22.7 Å². The number of carbonyl (C=O) groups excluding carboxylic acids is 5. The predicted molar refractivity (Wildman–Crippen MR) is 274 cm³/mol. The van der Waals surface area contributed by atoms with Gasteiger partial charge in [-0.25, -0.2) is 5.43 Å². The van der Waals surface area contributed by atoms with Crippen molar-refractivity contribution < 1.29 is 38.6 Å². The van der Waals surface area contributed by atoms with Crippen molar-refractivity contribution in [3.05, 3.63) is 71.5 Å². The maximum atomic E-state index is 15.2. The lowest BCUT2D eigenvalue weighted by Gasteiger charge is -2.37. The SMILES string of the molecule is CCn1c(-c2cccnc2[C@H](C)OC)c2c3cc(ccc31)-c1cc(O)cc(c1)C[C@H](NC(=O)[C@H](C1CCCC1)N1CC[C@]3(CCN(C(=O)[C@@H]4N[C@@H]4C4CC4)C3)C1=O)C(=O)N1CCC[C@H](N1)C(=O)OCC(C)(C)C2. The molecule has 4 saturated heterocycles. The number of amides is 4. The van der Waals surface area contributed by atoms with Crippen molar-refractivity contribution in [2.75, 3.05) is 39.9 Å². The molecular formula is C57H72N8O8. The Kier molecular flexibility index (Phi) is 13.2. The van der Waals surface area contributed by atoms with Crippen LogP contribution in [0.1, 0.15) is 115 Å². The minimum absolute atomic E-state index is 0.0153. The molecule has 0 radical (unpaired) electrons. The van der Waals surface area contributed by atoms with Crippen LogP contribution in [-0.4, -0.2) is 129 Å². The number of hydrogen-bond donors (Lipinski definition) is 4. The fourth-order valence-corrected chi connectivity index (χ4v) is 13.2. The van der Waals surface area contributed by atoms with E-state index >= 15 is 9.59 Å². The number of methoxy groups -OCH3 is 1. The highest BCUT2D eigenvalue weighted by molar-refractivity contribution is 5.97. The molecular weight excluding hydrogens is 925 g/mol. The van der Waals surface area contributed by atoms with Crippen LogP contribution in [0.2, 0.25) is 0 Å². The zero-order valence-electron chi connectivity index (χ0n) is 43.1. The van der Waals surface area contributed by atoms with E-state index in [1.807, 2.05) is 24.0 Å². The second-order valence-corrected chi connectivity index (χ2v) is 23.1. The number of phenols is 1. The molecule has 1 spiro atoms. The zero-order chi connectivity index (χ0) is 50.9. The molecule has 4 N–H and O–H groups in total. The van der Waals surface area contributed by atoms with Gasteiger partial charge in [0.25, 0.3) is 5.91 Å². The molecule has 2 aromatic carbocycles. The quantitative estimate of drug-likeness (QED) is 0.104. The minimum Gasteiger partial charge on any atom is -0.508 e. The summed E-state index contributed by atoms with van der Waals surface area (Å²) in [6.45, 7) is 10.7. The molecule has 4 amide bonds. The number of nitrogens with zero attached hydrogens (tertiary/aromatic N) is 5. The van der Waals surface area contributed by atoms with Crippen LogP contribution in [0.15, 0.2) is 54.7 Å². The number of aryl methyl sites for hydroxylation is 1. The highest BCUT2D eigenvalue weighted by atomic mass is 16.5. The van der Waals surface area contributed by atoms with Crippen LogP contribution in [0, 0.1) is 22.7 Å². The lowest BCUT2D eigenvalue weighted by atomic mass is 9.84. The number of esters is 1. The average molecular weight is 997 g/mol. The maximum Gasteiger partial charge on any atom is 0.324 e. The van der Waals surface area contributed by atoms with E-state index in [-0.39, 0.29) is 60.6 Å². The monoisotopic (exact) mass is 997 g/mol. The molecule has 6 fully saturated rings. The van der Waals surface area contributed by atoms with Gasteiger partial charge in [0.1, 0.15) is 29.9 Å². The number of pyridine rings is 1. The van der Waals surface area contributed by atoms with E-state index < -0.39 is 40.8 Å². The van der Waals surface area contributed by atoms with Gasteiger partial charge in [0, 0.05) is 80.4 Å². The number of benzene rings is 2. The molecule has 0 unspecified atom stereocenters. The van der Waals surface area contributed by atoms with Crippen molar-refractivity contribution in [3.8, 4) is 28.1 Å². The number of nitrogens with one attached hydrogen (secondary N) is 3. The van der Waals surface area contributed by atoms with E-state index in [2.05, 4.69) is 65.7 Å². The number of phenolic OH excluding ortho intramolecular Hbond substituents is 1. The summed E-state index contributed by atoms with van der Waals surface area (Å²) in [5.74, 6) is -0.776. The maximum absolute atomic E-state index is 15.2. The molecule has 4 aromatic rings. The van der Waals surface area contributed by atoms with Gasteiger partial charge in [0.15, 0.2) is 0 Å². The molecule has 5 aliphatic heterocycles. The molecule has 6 bridgehead atoms. The third kappa shape index (κ3) is 9.41. The number of carbonyl (C=O) groups is 5. The Morgan fingerprint density at radius 1 is 0.973 bits per heavy atom. The Bertz CT molecular complexity index is 2830. The molecule has 7 atom stereocenters. The summed E-state index contributed by atoms with van der Waals surface area (Å²) < 4.78 is 14.3. The smallest absolute Gasteiger partial charge is 0.324 e. The summed E-state index contributed by atoms with van der Waals surface area (Å²) >= 11 is 0. The van der Waals surface area contributed by atoms with Crippen LogP contribution in [-0.2, 0) is 52.8 Å². The third-order valence-corrected chi connectivity index (χ3v) is 17.4. The number of aromatic nitrogens is 2. The number of hydrazine groups is 1. The molecule has 2 aromatic heterocycles. The zero-order valence-corrected chi connectivity index (χ0v) is 43.1. The lowest BCUT2D eigenvalue weighted by molar-refractivity contribution is -0.155. The topological polar surface area (TPSA) is 198 Å². The summed E-state index contributed by atoms with van der Waals surface area (Å²) in [4.78, 5) is 81.2. The largest absolute Gasteiger partial charge is 0.508 e. The summed E-state index contributed by atoms with van der Waals surface area (Å²) in [5, 5.41) is 20.5. The lowest BCUT2D eigenvalue weighted by Crippen LogP contribution is -2.62. The second-order valence-electron chi connectivity index (χ2n) is 23.1. The van der Waals surface area contributed by atoms with Gasteiger partial charge < -0.3 is 34.3 Å². The normalized spacial score (nSPS) is 27.4. The highest BCUT2D eigenvalue weighted by Gasteiger charge is 2.58. The Morgan fingerprint density at radius 2 is 1.77 bits per heavy atom. The molecule has 2 saturated carbocycles. The molecule has 7 heterocycles. The van der Waals surface area contributed by atoms with Crippen LogP contribution < -0.4 is 16.1 Å². The van der Waals surface area contributed by atoms with Gasteiger partial charge >= 0.3 is 5.97 Å². The number of ether oxygens (including phenoxy) is 2. The molecule has 16 nitrogen and oxygen atoms in total. The Labute approximate surface area is 427 Å². The van der Waals surface area contributed by atoms with Crippen molar-refractivity contribution in [1.29, 1.82) is 0 Å². The van der Waals surface area contributed by atoms with Crippen LogP contribution in [0.25, 0.3) is 33.3 Å². The van der Waals surface area contributed by atoms with E-state index in [0.29, 0.717) is 76.3 Å². The van der Waals surface area contributed by atoms with Crippen molar-refractivity contribution in [3.63, 3.8) is 0 Å². The summed E-state index contributed by atoms with van der Waals surface area (Å²) in [5.41, 5.74) is 9.02. The van der Waals surface area contributed by atoms with Crippen LogP contribution in [0.5, 0.6) is 5.75 Å². The second kappa shape index (κ2) is 19.5. The fourth-order valence-electron chi connectivity index (χ4n) is 13.2. The van der Waals surface area contributed by atoms with Gasteiger partial charge in [0.05, 0.1) is 29.5 Å². The van der Waals surface area contributed by atoms with Crippen LogP contribution in [0.3, 0.4) is 0 Å². The minimum atomic E-state index is -1.12. The highest BCUT2D eigenvalue weighted by Crippen LogP contribution is 2.47. The van der Waals surface area contributed by atoms with Gasteiger partial charge in [-0.15, -0.1) is 0 Å². The Hall–Kier alpha value is -5.84. The molecule has 11 rings (SSSR count). The van der Waals surface area contributed by atoms with Crippen molar-refractivity contribution in [1.82, 2.24) is 40.4 Å². The third-order valence-electron chi connectivity index (χ3n) is 17.4. The summed E-state index contributed by atoms with van der Waals surface area (Å²) in [6, 6.07) is 13.1. The van der Waals surface area contributed by atoms with E-state index in [9.17, 15) is 19.5 Å². The van der Waals surface area contributed by atoms with Crippen LogP contribution in [0.4, 0.5) is 0 Å². The van der Waals surface area contributed by atoms with E-state index in [1.54, 1.807) is 30.3 Å². The standard InChI is InChI=1S/C57H72N8O8/c1-6-63-45-18-17-37-29-41(45)42(50(63)40-13-9-21-58-46(40)33(2)72-5)30-56(3,4)32-73-54(70)43-14-10-22-65(61-43)52(68)44(27-34-25-38(37)28-39(66)26-34)59-51(67)49(36-11-7-8-12-36)64-24-20-57(55(64)71)19-23-62(31-57)53(69)48-47(60-48)35-15-16-35/h9,13,17-18,21,25-26,28-29,33,35-36,43-44,47-49,60-61,66H,6-8,10-12,14-16,19-20,22-24,27,30-32H2,1-5H3,(H,59,67)/t33-,43-,44-,47+,48+,49-,57-/m0/s1. The average Bonchev–Trinajstić information content (AvgIpc) is 4.22. The summed E-state index contributed by atoms with van der Waals surface area (Å²) in [7, 11) is 1.68. The fraction of sp³-hybridized carbons (Fsp3) is 0.579. The van der Waals surface area contributed by atoms with Gasteiger partial charge in [0.2, 0.25) is 17.7 Å². The molecule has 73 heavy (non-hydrogen) atoms. The van der Waals surface area contributed by atoms with Gasteiger partial charge in [-0.1, -0.05) is 38.8 Å². The molecule has 388 valence electrons. The Balaban J connectivity index is 0.942. The molecule has 7 aliphatic rings. The molecule has 16 heteroatoms.